The van der Waals surface area contributed by atoms with Crippen molar-refractivity contribution in [3.8, 4) is 0 Å². The van der Waals surface area contributed by atoms with Crippen molar-refractivity contribution in [1.82, 2.24) is 4.90 Å². The minimum absolute atomic E-state index is 0.390. The van der Waals surface area contributed by atoms with Crippen LogP contribution in [0.3, 0.4) is 0 Å². The second-order valence-corrected chi connectivity index (χ2v) is 3.41. The highest BCUT2D eigenvalue weighted by Crippen LogP contribution is 2.24. The molecule has 1 aliphatic rings. The van der Waals surface area contributed by atoms with Crippen LogP contribution in [0.2, 0.25) is 0 Å². The van der Waals surface area contributed by atoms with Crippen LogP contribution < -0.4 is 0 Å². The number of hydrogen-bond donors (Lipinski definition) is 4. The number of amides is 1. The van der Waals surface area contributed by atoms with Crippen LogP contribution in [-0.4, -0.2) is 68.7 Å². The number of carbonyl (C=O) groups excluding carboxylic acids is 1. The third kappa shape index (κ3) is 1.61. The molecule has 82 valence electrons. The van der Waals surface area contributed by atoms with Gasteiger partial charge in [-0.15, -0.1) is 0 Å². The molecule has 0 spiro atoms. The Balaban J connectivity index is 2.91. The van der Waals surface area contributed by atoms with Gasteiger partial charge in [0.25, 0.3) is 0 Å². The summed E-state index contributed by atoms with van der Waals surface area (Å²) in [6, 6.07) is -1.67. The average Bonchev–Trinajstić information content (AvgIpc) is 2.39. The number of aliphatic hydroxyl groups is 4. The summed E-state index contributed by atoms with van der Waals surface area (Å²) in [5.41, 5.74) is 0. The first-order chi connectivity index (χ1) is 6.54. The van der Waals surface area contributed by atoms with Crippen LogP contribution in [-0.2, 0) is 4.79 Å². The Morgan fingerprint density at radius 1 is 1.14 bits per heavy atom. The Kier molecular flexibility index (Phi) is 3.43. The van der Waals surface area contributed by atoms with Gasteiger partial charge in [0, 0.05) is 6.92 Å². The SMILES string of the molecule is CC(=O)N1C(CO)C(O)C(O)C1CO. The summed E-state index contributed by atoms with van der Waals surface area (Å²) in [4.78, 5) is 12.3. The summed E-state index contributed by atoms with van der Waals surface area (Å²) in [5.74, 6) is -0.390. The molecular weight excluding hydrogens is 190 g/mol. The third-order valence-corrected chi connectivity index (χ3v) is 2.59. The van der Waals surface area contributed by atoms with E-state index in [1.165, 1.54) is 6.92 Å². The molecule has 1 rings (SSSR count). The van der Waals surface area contributed by atoms with Crippen LogP contribution in [0.5, 0.6) is 0 Å². The smallest absolute Gasteiger partial charge is 0.220 e. The molecule has 1 saturated heterocycles. The van der Waals surface area contributed by atoms with E-state index in [0.29, 0.717) is 0 Å². The number of carbonyl (C=O) groups is 1. The summed E-state index contributed by atoms with van der Waals surface area (Å²) >= 11 is 0. The first-order valence-electron chi connectivity index (χ1n) is 4.41. The lowest BCUT2D eigenvalue weighted by molar-refractivity contribution is -0.134. The van der Waals surface area contributed by atoms with Crippen molar-refractivity contribution in [3.63, 3.8) is 0 Å². The molecule has 4 atom stereocenters. The van der Waals surface area contributed by atoms with Gasteiger partial charge in [-0.25, -0.2) is 0 Å². The molecule has 6 heteroatoms. The number of likely N-dealkylation sites (tertiary alicyclic amines) is 1. The lowest BCUT2D eigenvalue weighted by Gasteiger charge is -2.27. The molecule has 0 aromatic carbocycles. The molecule has 0 aromatic heterocycles. The van der Waals surface area contributed by atoms with Crippen molar-refractivity contribution in [1.29, 1.82) is 0 Å². The van der Waals surface area contributed by atoms with E-state index in [4.69, 9.17) is 10.2 Å². The molecule has 0 saturated carbocycles. The fourth-order valence-corrected chi connectivity index (χ4v) is 1.89. The van der Waals surface area contributed by atoms with E-state index >= 15 is 0 Å². The number of aliphatic hydroxyl groups excluding tert-OH is 4. The van der Waals surface area contributed by atoms with Crippen LogP contribution in [0.1, 0.15) is 6.92 Å². The fraction of sp³-hybridized carbons (Fsp3) is 0.875. The van der Waals surface area contributed by atoms with Crippen molar-refractivity contribution >= 4 is 5.91 Å². The van der Waals surface area contributed by atoms with Gasteiger partial charge in [0.15, 0.2) is 0 Å². The van der Waals surface area contributed by atoms with Crippen molar-refractivity contribution in [2.75, 3.05) is 13.2 Å². The maximum atomic E-state index is 11.2. The van der Waals surface area contributed by atoms with Crippen molar-refractivity contribution in [2.45, 2.75) is 31.2 Å². The quantitative estimate of drug-likeness (QED) is 0.393. The topological polar surface area (TPSA) is 101 Å². The molecule has 1 fully saturated rings. The average molecular weight is 205 g/mol. The molecular formula is C8H15NO5. The van der Waals surface area contributed by atoms with Gasteiger partial charge in [-0.05, 0) is 0 Å². The highest BCUT2D eigenvalue weighted by molar-refractivity contribution is 5.74. The zero-order chi connectivity index (χ0) is 10.9. The van der Waals surface area contributed by atoms with E-state index < -0.39 is 43.4 Å². The molecule has 4 unspecified atom stereocenters. The first-order valence-corrected chi connectivity index (χ1v) is 4.41. The molecule has 1 amide bonds. The maximum Gasteiger partial charge on any atom is 0.220 e. The Hall–Kier alpha value is -0.690. The molecule has 6 nitrogen and oxygen atoms in total. The van der Waals surface area contributed by atoms with E-state index in [2.05, 4.69) is 0 Å². The van der Waals surface area contributed by atoms with Crippen molar-refractivity contribution < 1.29 is 25.2 Å². The second kappa shape index (κ2) is 4.22. The lowest BCUT2D eigenvalue weighted by Crippen LogP contribution is -2.45. The van der Waals surface area contributed by atoms with Crippen LogP contribution in [0.4, 0.5) is 0 Å². The zero-order valence-electron chi connectivity index (χ0n) is 7.87. The summed E-state index contributed by atoms with van der Waals surface area (Å²) in [6.07, 6.45) is -2.41. The Bertz CT molecular complexity index is 206. The van der Waals surface area contributed by atoms with Gasteiger partial charge < -0.3 is 25.3 Å². The maximum absolute atomic E-state index is 11.2. The van der Waals surface area contributed by atoms with Crippen LogP contribution >= 0.6 is 0 Å². The number of hydrogen-bond acceptors (Lipinski definition) is 5. The molecule has 0 radical (unpaired) electrons. The van der Waals surface area contributed by atoms with Gasteiger partial charge in [-0.3, -0.25) is 4.79 Å². The number of nitrogens with zero attached hydrogens (tertiary/aromatic N) is 1. The molecule has 14 heavy (non-hydrogen) atoms. The monoisotopic (exact) mass is 205 g/mol. The largest absolute Gasteiger partial charge is 0.394 e. The van der Waals surface area contributed by atoms with E-state index in [-0.39, 0.29) is 0 Å². The summed E-state index contributed by atoms with van der Waals surface area (Å²) < 4.78 is 0. The van der Waals surface area contributed by atoms with Crippen LogP contribution in [0, 0.1) is 0 Å². The third-order valence-electron chi connectivity index (χ3n) is 2.59. The minimum atomic E-state index is -1.21. The van der Waals surface area contributed by atoms with Gasteiger partial charge in [0.05, 0.1) is 25.3 Å². The Morgan fingerprint density at radius 3 is 1.71 bits per heavy atom. The molecule has 0 aliphatic carbocycles. The van der Waals surface area contributed by atoms with E-state index in [9.17, 15) is 15.0 Å². The van der Waals surface area contributed by atoms with Gasteiger partial charge in [0.1, 0.15) is 12.2 Å². The van der Waals surface area contributed by atoms with Gasteiger partial charge in [-0.2, -0.15) is 0 Å². The predicted molar refractivity (Wildman–Crippen MR) is 46.3 cm³/mol. The van der Waals surface area contributed by atoms with Crippen molar-refractivity contribution in [3.05, 3.63) is 0 Å². The van der Waals surface area contributed by atoms with Crippen LogP contribution in [0.15, 0.2) is 0 Å². The summed E-state index contributed by atoms with van der Waals surface area (Å²) in [7, 11) is 0. The highest BCUT2D eigenvalue weighted by atomic mass is 16.3. The van der Waals surface area contributed by atoms with E-state index in [0.717, 1.165) is 4.90 Å². The standard InChI is InChI=1S/C8H15NO5/c1-4(12)9-5(2-10)7(13)8(14)6(9)3-11/h5-8,10-11,13-14H,2-3H2,1H3. The number of rotatable bonds is 2. The van der Waals surface area contributed by atoms with E-state index in [1.54, 1.807) is 0 Å². The van der Waals surface area contributed by atoms with E-state index in [1.807, 2.05) is 0 Å². The lowest BCUT2D eigenvalue weighted by atomic mass is 10.1. The summed E-state index contributed by atoms with van der Waals surface area (Å²) in [6.45, 7) is 0.388. The second-order valence-electron chi connectivity index (χ2n) is 3.41. The van der Waals surface area contributed by atoms with Gasteiger partial charge in [0.2, 0.25) is 5.91 Å². The first kappa shape index (κ1) is 11.4. The molecule has 0 bridgehead atoms. The molecule has 0 aromatic rings. The minimum Gasteiger partial charge on any atom is -0.394 e. The van der Waals surface area contributed by atoms with Gasteiger partial charge >= 0.3 is 0 Å². The Labute approximate surface area is 81.4 Å². The predicted octanol–water partition coefficient (Wildman–Crippen LogP) is -2.71. The zero-order valence-corrected chi connectivity index (χ0v) is 7.87. The normalized spacial score (nSPS) is 37.6. The molecule has 4 N–H and O–H groups in total. The summed E-state index contributed by atoms with van der Waals surface area (Å²) in [5, 5.41) is 36.8. The highest BCUT2D eigenvalue weighted by Gasteiger charge is 2.48. The van der Waals surface area contributed by atoms with Crippen molar-refractivity contribution in [2.24, 2.45) is 0 Å². The van der Waals surface area contributed by atoms with Crippen LogP contribution in [0.25, 0.3) is 0 Å². The molecule has 1 aliphatic heterocycles. The Morgan fingerprint density at radius 2 is 1.50 bits per heavy atom. The fourth-order valence-electron chi connectivity index (χ4n) is 1.89. The van der Waals surface area contributed by atoms with Gasteiger partial charge in [-0.1, -0.05) is 0 Å². The molecule has 1 heterocycles.